The SMILES string of the molecule is CC1CCC(C2COC(c3cc(F)c(C(F)(F)Oc4cc(F)c(OC(F)C(F)(F)F)c(F)c4)c(F)c3)OC2)CC1. The Labute approximate surface area is 222 Å². The summed E-state index contributed by atoms with van der Waals surface area (Å²) < 4.78 is 155. The molecule has 222 valence electrons. The van der Waals surface area contributed by atoms with E-state index in [1.807, 2.05) is 0 Å². The summed E-state index contributed by atoms with van der Waals surface area (Å²) in [7, 11) is 0. The van der Waals surface area contributed by atoms with Crippen LogP contribution in [-0.2, 0) is 15.6 Å². The molecule has 0 spiro atoms. The zero-order valence-corrected chi connectivity index (χ0v) is 20.9. The van der Waals surface area contributed by atoms with Gasteiger partial charge in [0.2, 0.25) is 0 Å². The number of alkyl halides is 6. The molecule has 4 rings (SSSR count). The smallest absolute Gasteiger partial charge is 0.446 e. The summed E-state index contributed by atoms with van der Waals surface area (Å²) >= 11 is 0. The molecule has 0 aromatic heterocycles. The average Bonchev–Trinajstić information content (AvgIpc) is 2.85. The number of benzene rings is 2. The van der Waals surface area contributed by atoms with E-state index in [4.69, 9.17) is 9.47 Å². The van der Waals surface area contributed by atoms with E-state index in [1.165, 1.54) is 0 Å². The molecule has 1 unspecified atom stereocenters. The van der Waals surface area contributed by atoms with Gasteiger partial charge in [0.05, 0.1) is 13.2 Å². The summed E-state index contributed by atoms with van der Waals surface area (Å²) in [6, 6.07) is 0.957. The number of hydrogen-bond acceptors (Lipinski definition) is 4. The molecule has 1 heterocycles. The average molecular weight is 590 g/mol. The molecule has 2 aliphatic rings. The van der Waals surface area contributed by atoms with Crippen LogP contribution in [-0.4, -0.2) is 25.7 Å². The van der Waals surface area contributed by atoms with Gasteiger partial charge in [0.1, 0.15) is 22.9 Å². The predicted molar refractivity (Wildman–Crippen MR) is 118 cm³/mol. The van der Waals surface area contributed by atoms with Crippen molar-refractivity contribution in [2.24, 2.45) is 17.8 Å². The third-order valence-corrected chi connectivity index (χ3v) is 6.97. The number of halogens is 10. The summed E-state index contributed by atoms with van der Waals surface area (Å²) in [6.07, 6.45) is -11.7. The van der Waals surface area contributed by atoms with E-state index in [0.29, 0.717) is 24.0 Å². The van der Waals surface area contributed by atoms with Crippen LogP contribution in [0.25, 0.3) is 0 Å². The minimum Gasteiger partial charge on any atom is -0.446 e. The second-order valence-corrected chi connectivity index (χ2v) is 9.95. The van der Waals surface area contributed by atoms with E-state index in [1.54, 1.807) is 0 Å². The molecule has 1 aliphatic carbocycles. The van der Waals surface area contributed by atoms with Crippen LogP contribution in [0.4, 0.5) is 43.9 Å². The molecule has 1 saturated carbocycles. The van der Waals surface area contributed by atoms with Crippen LogP contribution in [0.2, 0.25) is 0 Å². The lowest BCUT2D eigenvalue weighted by molar-refractivity contribution is -0.237. The molecular weight excluding hydrogens is 566 g/mol. The first kappa shape index (κ1) is 30.2. The van der Waals surface area contributed by atoms with Gasteiger partial charge in [-0.1, -0.05) is 19.8 Å². The van der Waals surface area contributed by atoms with Crippen LogP contribution in [0.1, 0.15) is 50.0 Å². The van der Waals surface area contributed by atoms with Crippen LogP contribution >= 0.6 is 0 Å². The molecule has 0 radical (unpaired) electrons. The maximum Gasteiger partial charge on any atom is 0.457 e. The van der Waals surface area contributed by atoms with Crippen molar-refractivity contribution in [3.05, 3.63) is 58.7 Å². The van der Waals surface area contributed by atoms with Crippen molar-refractivity contribution in [1.29, 1.82) is 0 Å². The van der Waals surface area contributed by atoms with Crippen LogP contribution in [0.5, 0.6) is 11.5 Å². The summed E-state index contributed by atoms with van der Waals surface area (Å²) in [5.74, 6) is -9.80. The van der Waals surface area contributed by atoms with Gasteiger partial charge >= 0.3 is 18.6 Å². The van der Waals surface area contributed by atoms with Gasteiger partial charge in [0.15, 0.2) is 23.7 Å². The minimum atomic E-state index is -5.63. The summed E-state index contributed by atoms with van der Waals surface area (Å²) in [5, 5.41) is 0. The molecule has 0 amide bonds. The molecule has 4 nitrogen and oxygen atoms in total. The van der Waals surface area contributed by atoms with E-state index in [2.05, 4.69) is 16.4 Å². The number of hydrogen-bond donors (Lipinski definition) is 0. The first-order valence-corrected chi connectivity index (χ1v) is 12.3. The van der Waals surface area contributed by atoms with Gasteiger partial charge in [0.25, 0.3) is 0 Å². The Kier molecular flexibility index (Phi) is 8.79. The maximum absolute atomic E-state index is 14.7. The minimum absolute atomic E-state index is 0.0628. The summed E-state index contributed by atoms with van der Waals surface area (Å²) in [4.78, 5) is 0. The molecule has 1 saturated heterocycles. The Morgan fingerprint density at radius 3 is 1.80 bits per heavy atom. The summed E-state index contributed by atoms with van der Waals surface area (Å²) in [6.45, 7) is 2.67. The Balaban J connectivity index is 1.46. The fraction of sp³-hybridized carbons (Fsp3) is 0.538. The van der Waals surface area contributed by atoms with Crippen molar-refractivity contribution in [3.63, 3.8) is 0 Å². The lowest BCUT2D eigenvalue weighted by atomic mass is 9.76. The normalized spacial score (nSPS) is 25.0. The van der Waals surface area contributed by atoms with Crippen molar-refractivity contribution in [3.8, 4) is 11.5 Å². The highest BCUT2D eigenvalue weighted by Gasteiger charge is 2.45. The van der Waals surface area contributed by atoms with Gasteiger partial charge in [-0.3, -0.25) is 0 Å². The van der Waals surface area contributed by atoms with Crippen LogP contribution in [0.3, 0.4) is 0 Å². The molecule has 0 N–H and O–H groups in total. The standard InChI is InChI=1S/C26H24F10O4/c1-12-2-4-13(5-3-12)15-10-37-23(38-11-15)14-6-17(27)21(18(28)7-14)26(35,36)40-16-8-19(29)22(20(30)9-16)39-24(31)25(32,33)34/h6-9,12-13,15,23-24H,2-5,10-11H2,1H3. The van der Waals surface area contributed by atoms with Gasteiger partial charge in [0, 0.05) is 23.6 Å². The van der Waals surface area contributed by atoms with Gasteiger partial charge in [-0.15, -0.1) is 0 Å². The monoisotopic (exact) mass is 590 g/mol. The highest BCUT2D eigenvalue weighted by molar-refractivity contribution is 5.36. The van der Waals surface area contributed by atoms with E-state index in [9.17, 15) is 43.9 Å². The van der Waals surface area contributed by atoms with E-state index >= 15 is 0 Å². The van der Waals surface area contributed by atoms with Crippen molar-refractivity contribution >= 4 is 0 Å². The summed E-state index contributed by atoms with van der Waals surface area (Å²) in [5.41, 5.74) is -2.14. The predicted octanol–water partition coefficient (Wildman–Crippen LogP) is 8.10. The maximum atomic E-state index is 14.7. The third kappa shape index (κ3) is 6.76. The molecule has 2 aromatic rings. The lowest BCUT2D eigenvalue weighted by Crippen LogP contribution is -2.34. The zero-order chi connectivity index (χ0) is 29.4. The van der Waals surface area contributed by atoms with Crippen LogP contribution in [0.15, 0.2) is 24.3 Å². The lowest BCUT2D eigenvalue weighted by Gasteiger charge is -2.37. The zero-order valence-electron chi connectivity index (χ0n) is 20.9. The van der Waals surface area contributed by atoms with Crippen molar-refractivity contribution in [2.75, 3.05) is 13.2 Å². The molecule has 2 fully saturated rings. The number of rotatable bonds is 7. The molecular formula is C26H24F10O4. The Bertz CT molecular complexity index is 1140. The largest absolute Gasteiger partial charge is 0.457 e. The first-order valence-electron chi connectivity index (χ1n) is 12.3. The van der Waals surface area contributed by atoms with E-state index in [-0.39, 0.29) is 36.8 Å². The molecule has 1 aliphatic heterocycles. The van der Waals surface area contributed by atoms with Crippen molar-refractivity contribution in [1.82, 2.24) is 0 Å². The second-order valence-electron chi connectivity index (χ2n) is 9.95. The Hall–Kier alpha value is -2.74. The first-order chi connectivity index (χ1) is 18.7. The van der Waals surface area contributed by atoms with Gasteiger partial charge in [-0.2, -0.15) is 26.3 Å². The van der Waals surface area contributed by atoms with Crippen molar-refractivity contribution < 1.29 is 62.9 Å². The van der Waals surface area contributed by atoms with Gasteiger partial charge in [-0.25, -0.2) is 17.6 Å². The molecule has 0 bridgehead atoms. The highest BCUT2D eigenvalue weighted by atomic mass is 19.4. The Morgan fingerprint density at radius 2 is 1.30 bits per heavy atom. The number of ether oxygens (including phenoxy) is 4. The van der Waals surface area contributed by atoms with E-state index < -0.39 is 65.3 Å². The molecule has 40 heavy (non-hydrogen) atoms. The Morgan fingerprint density at radius 1 is 0.775 bits per heavy atom. The van der Waals surface area contributed by atoms with Gasteiger partial charge in [-0.05, 0) is 36.8 Å². The van der Waals surface area contributed by atoms with E-state index in [0.717, 1.165) is 25.7 Å². The van der Waals surface area contributed by atoms with Gasteiger partial charge < -0.3 is 18.9 Å². The fourth-order valence-corrected chi connectivity index (χ4v) is 4.82. The molecule has 1 atom stereocenters. The second kappa shape index (κ2) is 11.6. The fourth-order valence-electron chi connectivity index (χ4n) is 4.82. The molecule has 14 heteroatoms. The van der Waals surface area contributed by atoms with Crippen LogP contribution < -0.4 is 9.47 Å². The van der Waals surface area contributed by atoms with Crippen LogP contribution in [0, 0.1) is 41.0 Å². The quantitative estimate of drug-likeness (QED) is 0.306. The topological polar surface area (TPSA) is 36.9 Å². The third-order valence-electron chi connectivity index (χ3n) is 6.97. The highest BCUT2D eigenvalue weighted by Crippen LogP contribution is 2.41. The van der Waals surface area contributed by atoms with Crippen molar-refractivity contribution in [2.45, 2.75) is 57.5 Å². The molecule has 2 aromatic carbocycles.